The maximum absolute atomic E-state index is 6.15. The van der Waals surface area contributed by atoms with Crippen molar-refractivity contribution < 1.29 is 9.47 Å². The molecule has 0 saturated heterocycles. The summed E-state index contributed by atoms with van der Waals surface area (Å²) in [6, 6.07) is 0.403. The number of hydrogen-bond acceptors (Lipinski definition) is 3. The van der Waals surface area contributed by atoms with E-state index in [9.17, 15) is 0 Å². The van der Waals surface area contributed by atoms with E-state index in [1.54, 1.807) is 7.11 Å². The number of rotatable bonds is 8. The highest BCUT2D eigenvalue weighted by Gasteiger charge is 2.31. The SMILES string of the molecule is COCC(C)NCCOC1CC(C)CCC1C(C)C. The zero-order valence-corrected chi connectivity index (χ0v) is 13.4. The molecule has 0 aromatic carbocycles. The van der Waals surface area contributed by atoms with Crippen LogP contribution in [0.5, 0.6) is 0 Å². The fourth-order valence-electron chi connectivity index (χ4n) is 3.13. The minimum Gasteiger partial charge on any atom is -0.383 e. The number of methoxy groups -OCH3 is 1. The molecule has 0 amide bonds. The fraction of sp³-hybridized carbons (Fsp3) is 1.00. The Morgan fingerprint density at radius 1 is 1.21 bits per heavy atom. The summed E-state index contributed by atoms with van der Waals surface area (Å²) in [5.41, 5.74) is 0. The summed E-state index contributed by atoms with van der Waals surface area (Å²) in [5.74, 6) is 2.30. The molecule has 4 atom stereocenters. The van der Waals surface area contributed by atoms with Crippen molar-refractivity contribution in [1.29, 1.82) is 0 Å². The first kappa shape index (κ1) is 16.9. The van der Waals surface area contributed by atoms with E-state index in [4.69, 9.17) is 9.47 Å². The normalized spacial score (nSPS) is 29.7. The van der Waals surface area contributed by atoms with Gasteiger partial charge in [-0.3, -0.25) is 0 Å². The van der Waals surface area contributed by atoms with Crippen molar-refractivity contribution in [2.75, 3.05) is 26.9 Å². The van der Waals surface area contributed by atoms with E-state index in [0.29, 0.717) is 12.1 Å². The van der Waals surface area contributed by atoms with Gasteiger partial charge in [0, 0.05) is 19.7 Å². The average Bonchev–Trinajstić information content (AvgIpc) is 2.34. The van der Waals surface area contributed by atoms with Crippen molar-refractivity contribution in [1.82, 2.24) is 5.32 Å². The number of nitrogens with one attached hydrogen (secondary N) is 1. The third-order valence-corrected chi connectivity index (χ3v) is 4.30. The lowest BCUT2D eigenvalue weighted by molar-refractivity contribution is -0.0374. The number of ether oxygens (including phenoxy) is 2. The first-order valence-corrected chi connectivity index (χ1v) is 7.88. The molecule has 0 radical (unpaired) electrons. The summed E-state index contributed by atoms with van der Waals surface area (Å²) >= 11 is 0. The minimum atomic E-state index is 0.403. The predicted octanol–water partition coefficient (Wildman–Crippen LogP) is 3.09. The molecule has 4 unspecified atom stereocenters. The van der Waals surface area contributed by atoms with Gasteiger partial charge in [0.1, 0.15) is 0 Å². The van der Waals surface area contributed by atoms with Crippen LogP contribution in [0.2, 0.25) is 0 Å². The highest BCUT2D eigenvalue weighted by molar-refractivity contribution is 4.81. The van der Waals surface area contributed by atoms with Gasteiger partial charge in [0.2, 0.25) is 0 Å². The van der Waals surface area contributed by atoms with E-state index in [0.717, 1.165) is 37.5 Å². The molecule has 0 spiro atoms. The van der Waals surface area contributed by atoms with Crippen LogP contribution in [-0.2, 0) is 9.47 Å². The molecule has 114 valence electrons. The largest absolute Gasteiger partial charge is 0.383 e. The Hall–Kier alpha value is -0.120. The van der Waals surface area contributed by atoms with Gasteiger partial charge in [-0.1, -0.05) is 27.2 Å². The van der Waals surface area contributed by atoms with Crippen molar-refractivity contribution in [3.8, 4) is 0 Å². The van der Waals surface area contributed by atoms with Gasteiger partial charge >= 0.3 is 0 Å². The van der Waals surface area contributed by atoms with Crippen LogP contribution >= 0.6 is 0 Å². The molecule has 1 aliphatic carbocycles. The van der Waals surface area contributed by atoms with Gasteiger partial charge in [-0.2, -0.15) is 0 Å². The minimum absolute atomic E-state index is 0.403. The Morgan fingerprint density at radius 3 is 2.58 bits per heavy atom. The van der Waals surface area contributed by atoms with E-state index >= 15 is 0 Å². The quantitative estimate of drug-likeness (QED) is 0.688. The second kappa shape index (κ2) is 8.93. The van der Waals surface area contributed by atoms with Crippen molar-refractivity contribution in [3.63, 3.8) is 0 Å². The molecule has 3 heteroatoms. The first-order valence-electron chi connectivity index (χ1n) is 7.88. The molecule has 1 fully saturated rings. The Labute approximate surface area is 119 Å². The molecule has 1 aliphatic rings. The fourth-order valence-corrected chi connectivity index (χ4v) is 3.13. The first-order chi connectivity index (χ1) is 9.04. The third kappa shape index (κ3) is 6.24. The monoisotopic (exact) mass is 271 g/mol. The standard InChI is InChI=1S/C16H33NO2/c1-12(2)15-7-6-13(3)10-16(15)19-9-8-17-14(4)11-18-5/h12-17H,6-11H2,1-5H3. The van der Waals surface area contributed by atoms with Crippen molar-refractivity contribution in [3.05, 3.63) is 0 Å². The van der Waals surface area contributed by atoms with Crippen LogP contribution in [0.3, 0.4) is 0 Å². The topological polar surface area (TPSA) is 30.5 Å². The molecule has 0 aromatic rings. The lowest BCUT2D eigenvalue weighted by Gasteiger charge is -2.37. The van der Waals surface area contributed by atoms with Crippen LogP contribution in [0.25, 0.3) is 0 Å². The predicted molar refractivity (Wildman–Crippen MR) is 80.4 cm³/mol. The van der Waals surface area contributed by atoms with E-state index in [1.165, 1.54) is 19.3 Å². The van der Waals surface area contributed by atoms with Crippen LogP contribution in [-0.4, -0.2) is 39.0 Å². The molecule has 0 aliphatic heterocycles. The van der Waals surface area contributed by atoms with Crippen molar-refractivity contribution in [2.24, 2.45) is 17.8 Å². The molecule has 1 saturated carbocycles. The molecule has 0 bridgehead atoms. The second-order valence-electron chi connectivity index (χ2n) is 6.55. The van der Waals surface area contributed by atoms with Gasteiger partial charge in [0.05, 0.1) is 19.3 Å². The van der Waals surface area contributed by atoms with Crippen LogP contribution in [0.4, 0.5) is 0 Å². The van der Waals surface area contributed by atoms with Crippen molar-refractivity contribution >= 4 is 0 Å². The van der Waals surface area contributed by atoms with Gasteiger partial charge in [0.15, 0.2) is 0 Å². The van der Waals surface area contributed by atoms with E-state index in [1.807, 2.05) is 0 Å². The van der Waals surface area contributed by atoms with Crippen LogP contribution < -0.4 is 5.32 Å². The summed E-state index contributed by atoms with van der Waals surface area (Å²) < 4.78 is 11.3. The highest BCUT2D eigenvalue weighted by Crippen LogP contribution is 2.35. The Kier molecular flexibility index (Phi) is 7.96. The molecular formula is C16H33NO2. The zero-order chi connectivity index (χ0) is 14.3. The molecule has 3 nitrogen and oxygen atoms in total. The van der Waals surface area contributed by atoms with Crippen molar-refractivity contribution in [2.45, 2.75) is 59.1 Å². The molecular weight excluding hydrogens is 238 g/mol. The Balaban J connectivity index is 2.24. The summed E-state index contributed by atoms with van der Waals surface area (Å²) in [6.45, 7) is 11.6. The van der Waals surface area contributed by atoms with Crippen LogP contribution in [0.1, 0.15) is 47.0 Å². The Morgan fingerprint density at radius 2 is 1.95 bits per heavy atom. The maximum atomic E-state index is 6.15. The smallest absolute Gasteiger partial charge is 0.0613 e. The van der Waals surface area contributed by atoms with Gasteiger partial charge in [-0.05, 0) is 37.5 Å². The van der Waals surface area contributed by atoms with Gasteiger partial charge in [0.25, 0.3) is 0 Å². The summed E-state index contributed by atoms with van der Waals surface area (Å²) in [7, 11) is 1.74. The molecule has 0 aromatic heterocycles. The second-order valence-corrected chi connectivity index (χ2v) is 6.55. The van der Waals surface area contributed by atoms with Gasteiger partial charge in [-0.25, -0.2) is 0 Å². The van der Waals surface area contributed by atoms with Gasteiger partial charge < -0.3 is 14.8 Å². The summed E-state index contributed by atoms with van der Waals surface area (Å²) in [4.78, 5) is 0. The Bertz CT molecular complexity index is 233. The lowest BCUT2D eigenvalue weighted by Crippen LogP contribution is -2.37. The zero-order valence-electron chi connectivity index (χ0n) is 13.4. The van der Waals surface area contributed by atoms with E-state index in [2.05, 4.69) is 33.0 Å². The number of hydrogen-bond donors (Lipinski definition) is 1. The molecule has 0 heterocycles. The molecule has 1 rings (SSSR count). The lowest BCUT2D eigenvalue weighted by atomic mass is 9.75. The third-order valence-electron chi connectivity index (χ3n) is 4.30. The maximum Gasteiger partial charge on any atom is 0.0613 e. The average molecular weight is 271 g/mol. The van der Waals surface area contributed by atoms with Gasteiger partial charge in [-0.15, -0.1) is 0 Å². The van der Waals surface area contributed by atoms with Crippen LogP contribution in [0, 0.1) is 17.8 Å². The van der Waals surface area contributed by atoms with E-state index < -0.39 is 0 Å². The highest BCUT2D eigenvalue weighted by atomic mass is 16.5. The summed E-state index contributed by atoms with van der Waals surface area (Å²) in [6.07, 6.45) is 4.39. The molecule has 1 N–H and O–H groups in total. The van der Waals surface area contributed by atoms with Crippen LogP contribution in [0.15, 0.2) is 0 Å². The van der Waals surface area contributed by atoms with E-state index in [-0.39, 0.29) is 0 Å². The summed E-state index contributed by atoms with van der Waals surface area (Å²) in [5, 5.41) is 3.43. The molecule has 19 heavy (non-hydrogen) atoms.